The zero-order chi connectivity index (χ0) is 21.1. The Morgan fingerprint density at radius 3 is 2.73 bits per heavy atom. The molecule has 2 heterocycles. The Morgan fingerprint density at radius 2 is 2.03 bits per heavy atom. The summed E-state index contributed by atoms with van der Waals surface area (Å²) in [4.78, 5) is 33.0. The number of halogens is 1. The monoisotopic (exact) mass is 417 g/mol. The lowest BCUT2D eigenvalue weighted by molar-refractivity contribution is -0.119. The van der Waals surface area contributed by atoms with E-state index >= 15 is 0 Å². The molecular formula is C21H28FN5O3. The Hall–Kier alpha value is -3.23. The predicted octanol–water partition coefficient (Wildman–Crippen LogP) is 3.59. The molecular weight excluding hydrogens is 389 g/mol. The number of nitrogens with zero attached hydrogens (tertiary/aromatic N) is 3. The van der Waals surface area contributed by atoms with Crippen LogP contribution in [0.3, 0.4) is 0 Å². The van der Waals surface area contributed by atoms with E-state index in [1.54, 1.807) is 24.3 Å². The second-order valence-electron chi connectivity index (χ2n) is 7.60. The van der Waals surface area contributed by atoms with Gasteiger partial charge in [-0.15, -0.1) is 0 Å². The molecule has 8 nitrogen and oxygen atoms in total. The van der Waals surface area contributed by atoms with Gasteiger partial charge in [0.15, 0.2) is 5.82 Å². The summed E-state index contributed by atoms with van der Waals surface area (Å²) in [6.07, 6.45) is 4.23. The molecule has 162 valence electrons. The van der Waals surface area contributed by atoms with Crippen molar-refractivity contribution in [2.45, 2.75) is 44.7 Å². The molecule has 1 aliphatic carbocycles. The quantitative estimate of drug-likeness (QED) is 0.772. The van der Waals surface area contributed by atoms with Gasteiger partial charge in [-0.2, -0.15) is 0 Å². The summed E-state index contributed by atoms with van der Waals surface area (Å²) in [5.41, 5.74) is 1.37. The van der Waals surface area contributed by atoms with Crippen LogP contribution in [-0.4, -0.2) is 47.2 Å². The fourth-order valence-electron chi connectivity index (χ4n) is 3.94. The van der Waals surface area contributed by atoms with E-state index in [0.717, 1.165) is 31.9 Å². The van der Waals surface area contributed by atoms with E-state index in [1.807, 2.05) is 0 Å². The van der Waals surface area contributed by atoms with Gasteiger partial charge in [0.2, 0.25) is 11.9 Å². The van der Waals surface area contributed by atoms with Crippen LogP contribution in [0.15, 0.2) is 30.5 Å². The minimum atomic E-state index is -0.531. The average Bonchev–Trinajstić information content (AvgIpc) is 3.16. The van der Waals surface area contributed by atoms with Gasteiger partial charge < -0.3 is 15.4 Å². The summed E-state index contributed by atoms with van der Waals surface area (Å²) in [5, 5.41) is 6.23. The highest BCUT2D eigenvalue weighted by atomic mass is 19.1. The summed E-state index contributed by atoms with van der Waals surface area (Å²) in [6, 6.07) is 7.37. The zero-order valence-corrected chi connectivity index (χ0v) is 16.7. The van der Waals surface area contributed by atoms with Gasteiger partial charge in [-0.3, -0.25) is 9.69 Å². The largest absolute Gasteiger partial charge is 0.447 e. The maximum absolute atomic E-state index is 14.5. The van der Waals surface area contributed by atoms with Crippen molar-refractivity contribution in [2.75, 3.05) is 23.4 Å². The molecule has 0 radical (unpaired) electrons. The highest BCUT2D eigenvalue weighted by molar-refractivity contribution is 5.90. The molecule has 30 heavy (non-hydrogen) atoms. The van der Waals surface area contributed by atoms with Gasteiger partial charge in [0, 0.05) is 33.1 Å². The summed E-state index contributed by atoms with van der Waals surface area (Å²) in [6.45, 7) is 2.32. The molecule has 2 aliphatic rings. The lowest BCUT2D eigenvalue weighted by Gasteiger charge is -2.29. The van der Waals surface area contributed by atoms with Crippen LogP contribution >= 0.6 is 0 Å². The molecule has 0 spiro atoms. The average molecular weight is 417 g/mol. The second kappa shape index (κ2) is 8.64. The van der Waals surface area contributed by atoms with Crippen LogP contribution in [0.2, 0.25) is 0 Å². The normalized spacial score (nSPS) is 21.3. The van der Waals surface area contributed by atoms with Crippen molar-refractivity contribution in [3.05, 3.63) is 36.3 Å². The van der Waals surface area contributed by atoms with Gasteiger partial charge in [0.25, 0.3) is 0 Å². The summed E-state index contributed by atoms with van der Waals surface area (Å²) in [7, 11) is 0. The van der Waals surface area contributed by atoms with Gasteiger partial charge in [-0.25, -0.2) is 19.2 Å². The third kappa shape index (κ3) is 4.50. The van der Waals surface area contributed by atoms with E-state index in [2.05, 4.69) is 20.6 Å². The standard InChI is InChI=1S/C21H24FN5O3.2H2/c1-13(28)24-15-5-7-16(8-6-15)25-20-23-12-18(22)19(26-20)14-3-2-4-17(11-14)27-9-10-30-21(27)29;;/h2-4,11-12,15-16H,5-10H2,1H3,(H,24,28)(H,23,25,26);2*1H. The molecule has 1 aromatic heterocycles. The number of carbonyl (C=O) groups excluding carboxylic acids is 2. The van der Waals surface area contributed by atoms with Crippen LogP contribution in [0.25, 0.3) is 11.3 Å². The first-order valence-corrected chi connectivity index (χ1v) is 10.1. The molecule has 0 unspecified atom stereocenters. The van der Waals surface area contributed by atoms with Crippen molar-refractivity contribution in [2.24, 2.45) is 0 Å². The highest BCUT2D eigenvalue weighted by Crippen LogP contribution is 2.28. The number of benzene rings is 1. The first-order valence-electron chi connectivity index (χ1n) is 10.1. The van der Waals surface area contributed by atoms with Crippen LogP contribution in [-0.2, 0) is 9.53 Å². The zero-order valence-electron chi connectivity index (χ0n) is 16.7. The predicted molar refractivity (Wildman–Crippen MR) is 114 cm³/mol. The maximum Gasteiger partial charge on any atom is 0.414 e. The Morgan fingerprint density at radius 1 is 1.27 bits per heavy atom. The molecule has 1 aromatic carbocycles. The van der Waals surface area contributed by atoms with E-state index in [0.29, 0.717) is 30.4 Å². The van der Waals surface area contributed by atoms with Crippen LogP contribution in [0, 0.1) is 5.82 Å². The lowest BCUT2D eigenvalue weighted by Crippen LogP contribution is -2.39. The fraction of sp³-hybridized carbons (Fsp3) is 0.429. The van der Waals surface area contributed by atoms with Gasteiger partial charge in [-0.1, -0.05) is 12.1 Å². The third-order valence-corrected chi connectivity index (χ3v) is 5.40. The van der Waals surface area contributed by atoms with E-state index in [1.165, 1.54) is 11.8 Å². The van der Waals surface area contributed by atoms with Crippen LogP contribution < -0.4 is 15.5 Å². The smallest absolute Gasteiger partial charge is 0.414 e. The van der Waals surface area contributed by atoms with Gasteiger partial charge in [0.05, 0.1) is 12.7 Å². The molecule has 2 fully saturated rings. The minimum absolute atomic E-state index is 0. The number of ether oxygens (including phenoxy) is 1. The van der Waals surface area contributed by atoms with Crippen molar-refractivity contribution >= 4 is 23.6 Å². The maximum atomic E-state index is 14.5. The lowest BCUT2D eigenvalue weighted by atomic mass is 9.91. The van der Waals surface area contributed by atoms with Crippen molar-refractivity contribution < 1.29 is 21.6 Å². The summed E-state index contributed by atoms with van der Waals surface area (Å²) >= 11 is 0. The molecule has 2 N–H and O–H groups in total. The first kappa shape index (κ1) is 20.1. The number of hydrogen-bond donors (Lipinski definition) is 2. The number of anilines is 2. The molecule has 1 aliphatic heterocycles. The number of aromatic nitrogens is 2. The van der Waals surface area contributed by atoms with E-state index < -0.39 is 11.9 Å². The molecule has 4 rings (SSSR count). The van der Waals surface area contributed by atoms with Gasteiger partial charge in [-0.05, 0) is 37.8 Å². The Labute approximate surface area is 176 Å². The van der Waals surface area contributed by atoms with Gasteiger partial charge >= 0.3 is 6.09 Å². The Bertz CT molecular complexity index is 957. The molecule has 0 bridgehead atoms. The van der Waals surface area contributed by atoms with Gasteiger partial charge in [0.1, 0.15) is 12.3 Å². The molecule has 1 saturated heterocycles. The summed E-state index contributed by atoms with van der Waals surface area (Å²) in [5.74, 6) is -0.182. The van der Waals surface area contributed by atoms with Crippen molar-refractivity contribution in [1.29, 1.82) is 0 Å². The number of cyclic esters (lactones) is 1. The second-order valence-corrected chi connectivity index (χ2v) is 7.60. The molecule has 2 amide bonds. The number of amides is 2. The first-order chi connectivity index (χ1) is 14.5. The molecule has 0 atom stereocenters. The topological polar surface area (TPSA) is 96.5 Å². The van der Waals surface area contributed by atoms with Crippen LogP contribution in [0.5, 0.6) is 0 Å². The molecule has 1 saturated carbocycles. The fourth-order valence-corrected chi connectivity index (χ4v) is 3.94. The van der Waals surface area contributed by atoms with Crippen LogP contribution in [0.4, 0.5) is 20.8 Å². The molecule has 9 heteroatoms. The Balaban J connectivity index is 0.00000181. The number of nitrogens with one attached hydrogen (secondary N) is 2. The van der Waals surface area contributed by atoms with Crippen molar-refractivity contribution in [3.8, 4) is 11.3 Å². The number of carbonyl (C=O) groups is 2. The number of hydrogen-bond acceptors (Lipinski definition) is 6. The third-order valence-electron chi connectivity index (χ3n) is 5.40. The summed E-state index contributed by atoms with van der Waals surface area (Å²) < 4.78 is 19.5. The minimum Gasteiger partial charge on any atom is -0.447 e. The Kier molecular flexibility index (Phi) is 5.78. The van der Waals surface area contributed by atoms with Crippen molar-refractivity contribution in [3.63, 3.8) is 0 Å². The number of rotatable bonds is 5. The van der Waals surface area contributed by atoms with E-state index in [4.69, 9.17) is 4.74 Å². The van der Waals surface area contributed by atoms with Crippen molar-refractivity contribution in [1.82, 2.24) is 15.3 Å². The van der Waals surface area contributed by atoms with E-state index in [9.17, 15) is 14.0 Å². The van der Waals surface area contributed by atoms with Crippen LogP contribution in [0.1, 0.15) is 35.5 Å². The SMILES string of the molecule is CC(=O)NC1CCC(Nc2ncc(F)c(-c3cccc(N4CCOC4=O)c3)n2)CC1.[HH].[HH]. The highest BCUT2D eigenvalue weighted by Gasteiger charge is 2.25. The molecule has 2 aromatic rings. The van der Waals surface area contributed by atoms with E-state index in [-0.39, 0.29) is 26.5 Å².